The smallest absolute Gasteiger partial charge is 0.233 e. The van der Waals surface area contributed by atoms with E-state index in [0.717, 1.165) is 39.0 Å². The average molecular weight is 346 g/mol. The molecule has 0 spiro atoms. The van der Waals surface area contributed by atoms with Crippen LogP contribution in [0.25, 0.3) is 0 Å². The van der Waals surface area contributed by atoms with Gasteiger partial charge in [0.05, 0.1) is 18.1 Å². The number of hydrogen-bond donors (Lipinski definition) is 1. The lowest BCUT2D eigenvalue weighted by atomic mass is 9.92. The Morgan fingerprint density at radius 2 is 2.00 bits per heavy atom. The van der Waals surface area contributed by atoms with Gasteiger partial charge in [0.1, 0.15) is 0 Å². The van der Waals surface area contributed by atoms with Crippen molar-refractivity contribution in [2.24, 2.45) is 0 Å². The SMILES string of the molecule is CCOC[C@H](O)CN1CCN(C(=O)C2(c3cccc(C)c3)CC2)CC1. The van der Waals surface area contributed by atoms with Crippen LogP contribution in [0.4, 0.5) is 0 Å². The highest BCUT2D eigenvalue weighted by Crippen LogP contribution is 2.49. The van der Waals surface area contributed by atoms with Crippen molar-refractivity contribution in [3.05, 3.63) is 35.4 Å². The molecule has 1 amide bonds. The van der Waals surface area contributed by atoms with Crippen LogP contribution in [0.15, 0.2) is 24.3 Å². The van der Waals surface area contributed by atoms with Crippen molar-refractivity contribution < 1.29 is 14.6 Å². The maximum absolute atomic E-state index is 13.1. The summed E-state index contributed by atoms with van der Waals surface area (Å²) in [7, 11) is 0. The van der Waals surface area contributed by atoms with Gasteiger partial charge in [-0.3, -0.25) is 9.69 Å². The molecule has 5 heteroatoms. The second-order valence-corrected chi connectivity index (χ2v) is 7.36. The first-order valence-corrected chi connectivity index (χ1v) is 9.40. The zero-order valence-electron chi connectivity index (χ0n) is 15.4. The average Bonchev–Trinajstić information content (AvgIpc) is 3.42. The number of piperazine rings is 1. The van der Waals surface area contributed by atoms with Crippen molar-refractivity contribution in [1.82, 2.24) is 9.80 Å². The molecule has 3 rings (SSSR count). The molecular weight excluding hydrogens is 316 g/mol. The minimum atomic E-state index is -0.454. The molecule has 1 aliphatic heterocycles. The highest BCUT2D eigenvalue weighted by atomic mass is 16.5. The summed E-state index contributed by atoms with van der Waals surface area (Å²) in [6.07, 6.45) is 1.47. The second kappa shape index (κ2) is 7.85. The molecule has 0 bridgehead atoms. The Morgan fingerprint density at radius 3 is 2.60 bits per heavy atom. The van der Waals surface area contributed by atoms with Gasteiger partial charge in [-0.05, 0) is 32.3 Å². The van der Waals surface area contributed by atoms with Crippen molar-refractivity contribution in [1.29, 1.82) is 0 Å². The molecule has 5 nitrogen and oxygen atoms in total. The molecule has 1 saturated carbocycles. The molecule has 1 saturated heterocycles. The number of hydrogen-bond acceptors (Lipinski definition) is 4. The van der Waals surface area contributed by atoms with E-state index in [0.29, 0.717) is 19.8 Å². The fourth-order valence-corrected chi connectivity index (χ4v) is 3.73. The first kappa shape index (κ1) is 18.4. The predicted octanol–water partition coefficient (Wildman–Crippen LogP) is 1.57. The van der Waals surface area contributed by atoms with E-state index in [1.807, 2.05) is 11.8 Å². The summed E-state index contributed by atoms with van der Waals surface area (Å²) in [4.78, 5) is 17.3. The summed E-state index contributed by atoms with van der Waals surface area (Å²) in [5.41, 5.74) is 2.11. The van der Waals surface area contributed by atoms with Gasteiger partial charge in [0.2, 0.25) is 5.91 Å². The minimum absolute atomic E-state index is 0.275. The summed E-state index contributed by atoms with van der Waals surface area (Å²) in [6.45, 7) is 8.76. The summed E-state index contributed by atoms with van der Waals surface area (Å²) in [5.74, 6) is 0.285. The number of benzene rings is 1. The zero-order chi connectivity index (χ0) is 17.9. The number of amides is 1. The maximum atomic E-state index is 13.1. The fraction of sp³-hybridized carbons (Fsp3) is 0.650. The largest absolute Gasteiger partial charge is 0.389 e. The Kier molecular flexibility index (Phi) is 5.77. The zero-order valence-corrected chi connectivity index (χ0v) is 15.4. The molecule has 2 fully saturated rings. The number of β-amino-alcohol motifs (C(OH)–C–C–N with tert-alkyl or cyclic N) is 1. The molecule has 1 aromatic rings. The van der Waals surface area contributed by atoms with Crippen LogP contribution in [-0.2, 0) is 14.9 Å². The number of carbonyl (C=O) groups excluding carboxylic acids is 1. The van der Waals surface area contributed by atoms with Crippen LogP contribution >= 0.6 is 0 Å². The molecule has 1 N–H and O–H groups in total. The van der Waals surface area contributed by atoms with Crippen LogP contribution in [0.5, 0.6) is 0 Å². The third kappa shape index (κ3) is 4.22. The summed E-state index contributed by atoms with van der Waals surface area (Å²) in [6, 6.07) is 8.38. The number of aliphatic hydroxyl groups is 1. The van der Waals surface area contributed by atoms with Crippen LogP contribution in [0.3, 0.4) is 0 Å². The predicted molar refractivity (Wildman–Crippen MR) is 97.6 cm³/mol. The van der Waals surface area contributed by atoms with Crippen LogP contribution in [-0.4, -0.2) is 72.9 Å². The van der Waals surface area contributed by atoms with Gasteiger partial charge >= 0.3 is 0 Å². The van der Waals surface area contributed by atoms with Crippen molar-refractivity contribution in [2.45, 2.75) is 38.2 Å². The lowest BCUT2D eigenvalue weighted by Crippen LogP contribution is -2.53. The molecule has 2 aliphatic rings. The van der Waals surface area contributed by atoms with Gasteiger partial charge in [-0.15, -0.1) is 0 Å². The first-order valence-electron chi connectivity index (χ1n) is 9.40. The second-order valence-electron chi connectivity index (χ2n) is 7.36. The van der Waals surface area contributed by atoms with Gasteiger partial charge in [0.15, 0.2) is 0 Å². The van der Waals surface area contributed by atoms with E-state index in [1.165, 1.54) is 11.1 Å². The molecule has 1 heterocycles. The van der Waals surface area contributed by atoms with Gasteiger partial charge in [-0.25, -0.2) is 0 Å². The Bertz CT molecular complexity index is 592. The molecule has 1 aromatic carbocycles. The third-order valence-corrected chi connectivity index (χ3v) is 5.37. The minimum Gasteiger partial charge on any atom is -0.389 e. The summed E-state index contributed by atoms with van der Waals surface area (Å²) in [5, 5.41) is 9.97. The van der Waals surface area contributed by atoms with Crippen LogP contribution < -0.4 is 0 Å². The monoisotopic (exact) mass is 346 g/mol. The Labute approximate surface area is 150 Å². The number of nitrogens with zero attached hydrogens (tertiary/aromatic N) is 2. The quantitative estimate of drug-likeness (QED) is 0.814. The third-order valence-electron chi connectivity index (χ3n) is 5.37. The van der Waals surface area contributed by atoms with Gasteiger partial charge in [0.25, 0.3) is 0 Å². The number of carbonyl (C=O) groups is 1. The van der Waals surface area contributed by atoms with E-state index in [4.69, 9.17) is 4.74 Å². The van der Waals surface area contributed by atoms with E-state index in [2.05, 4.69) is 36.1 Å². The van der Waals surface area contributed by atoms with Gasteiger partial charge < -0.3 is 14.7 Å². The van der Waals surface area contributed by atoms with E-state index >= 15 is 0 Å². The number of aliphatic hydroxyl groups excluding tert-OH is 1. The summed E-state index contributed by atoms with van der Waals surface area (Å²) < 4.78 is 5.27. The van der Waals surface area contributed by atoms with Gasteiger partial charge in [0, 0.05) is 39.3 Å². The standard InChI is InChI=1S/C20H30N2O3/c1-3-25-15-18(23)14-21-9-11-22(12-10-21)19(24)20(7-8-20)17-6-4-5-16(2)13-17/h4-6,13,18,23H,3,7-12,14-15H2,1-2H3/t18-/m1/s1. The molecule has 0 aromatic heterocycles. The number of rotatable bonds is 7. The molecule has 25 heavy (non-hydrogen) atoms. The Balaban J connectivity index is 1.54. The van der Waals surface area contributed by atoms with E-state index < -0.39 is 6.10 Å². The van der Waals surface area contributed by atoms with E-state index in [9.17, 15) is 9.90 Å². The van der Waals surface area contributed by atoms with Crippen molar-refractivity contribution in [3.63, 3.8) is 0 Å². The van der Waals surface area contributed by atoms with Crippen molar-refractivity contribution in [2.75, 3.05) is 45.9 Å². The molecular formula is C20H30N2O3. The Hall–Kier alpha value is -1.43. The lowest BCUT2D eigenvalue weighted by Gasteiger charge is -2.37. The normalized spacial score (nSPS) is 21.2. The van der Waals surface area contributed by atoms with E-state index in [1.54, 1.807) is 0 Å². The topological polar surface area (TPSA) is 53.0 Å². The van der Waals surface area contributed by atoms with Crippen molar-refractivity contribution >= 4 is 5.91 Å². The molecule has 1 atom stereocenters. The first-order chi connectivity index (χ1) is 12.0. The highest BCUT2D eigenvalue weighted by Gasteiger charge is 2.53. The Morgan fingerprint density at radius 1 is 1.28 bits per heavy atom. The molecule has 0 unspecified atom stereocenters. The van der Waals surface area contributed by atoms with Gasteiger partial charge in [-0.2, -0.15) is 0 Å². The van der Waals surface area contributed by atoms with Crippen LogP contribution in [0.1, 0.15) is 30.9 Å². The maximum Gasteiger partial charge on any atom is 0.233 e. The number of ether oxygens (including phenoxy) is 1. The molecule has 138 valence electrons. The van der Waals surface area contributed by atoms with Crippen LogP contribution in [0, 0.1) is 6.92 Å². The van der Waals surface area contributed by atoms with E-state index in [-0.39, 0.29) is 11.3 Å². The highest BCUT2D eigenvalue weighted by molar-refractivity contribution is 5.91. The lowest BCUT2D eigenvalue weighted by molar-refractivity contribution is -0.136. The molecule has 0 radical (unpaired) electrons. The fourth-order valence-electron chi connectivity index (χ4n) is 3.73. The summed E-state index contributed by atoms with van der Waals surface area (Å²) >= 11 is 0. The molecule has 1 aliphatic carbocycles. The van der Waals surface area contributed by atoms with Gasteiger partial charge in [-0.1, -0.05) is 29.8 Å². The number of aryl methyl sites for hydroxylation is 1. The van der Waals surface area contributed by atoms with Crippen molar-refractivity contribution in [3.8, 4) is 0 Å². The van der Waals surface area contributed by atoms with Crippen LogP contribution in [0.2, 0.25) is 0 Å².